The highest BCUT2D eigenvalue weighted by Crippen LogP contribution is 2.45. The number of hydrogen-bond acceptors (Lipinski definition) is 4. The van der Waals surface area contributed by atoms with Crippen LogP contribution < -0.4 is 10.6 Å². The lowest BCUT2D eigenvalue weighted by atomic mass is 9.88. The van der Waals surface area contributed by atoms with Gasteiger partial charge in [-0.3, -0.25) is 4.79 Å². The van der Waals surface area contributed by atoms with Gasteiger partial charge >= 0.3 is 12.1 Å². The second-order valence-electron chi connectivity index (χ2n) is 9.48. The van der Waals surface area contributed by atoms with Crippen molar-refractivity contribution in [2.75, 3.05) is 6.61 Å². The van der Waals surface area contributed by atoms with Crippen molar-refractivity contribution in [1.82, 2.24) is 10.6 Å². The number of carbonyl (C=O) groups is 3. The number of hydrogen-bond donors (Lipinski definition) is 3. The van der Waals surface area contributed by atoms with Gasteiger partial charge in [0.1, 0.15) is 17.7 Å². The molecule has 180 valence electrons. The lowest BCUT2D eigenvalue weighted by molar-refractivity contribution is -0.149. The molecule has 1 fully saturated rings. The number of carboxylic acids is 1. The number of benzene rings is 2. The fourth-order valence-electron chi connectivity index (χ4n) is 4.98. The van der Waals surface area contributed by atoms with Gasteiger partial charge in [0.15, 0.2) is 0 Å². The van der Waals surface area contributed by atoms with E-state index >= 15 is 0 Å². The van der Waals surface area contributed by atoms with Crippen molar-refractivity contribution in [3.8, 4) is 11.1 Å². The number of rotatable bonds is 9. The van der Waals surface area contributed by atoms with E-state index < -0.39 is 29.0 Å². The monoisotopic (exact) mass is 464 g/mol. The highest BCUT2D eigenvalue weighted by molar-refractivity contribution is 5.94. The van der Waals surface area contributed by atoms with Crippen molar-refractivity contribution < 1.29 is 24.2 Å². The molecule has 34 heavy (non-hydrogen) atoms. The first-order valence-electron chi connectivity index (χ1n) is 11.9. The average molecular weight is 465 g/mol. The van der Waals surface area contributed by atoms with E-state index in [1.54, 1.807) is 20.8 Å². The summed E-state index contributed by atoms with van der Waals surface area (Å²) >= 11 is 0. The van der Waals surface area contributed by atoms with Gasteiger partial charge < -0.3 is 20.5 Å². The highest BCUT2D eigenvalue weighted by Gasteiger charge is 2.51. The Bertz CT molecular complexity index is 1060. The molecule has 0 spiro atoms. The van der Waals surface area contributed by atoms with E-state index in [0.717, 1.165) is 35.1 Å². The summed E-state index contributed by atoms with van der Waals surface area (Å²) in [4.78, 5) is 38.0. The predicted octanol–water partition coefficient (Wildman–Crippen LogP) is 4.45. The summed E-state index contributed by atoms with van der Waals surface area (Å²) in [5, 5.41) is 15.2. The van der Waals surface area contributed by atoms with Crippen LogP contribution in [0.15, 0.2) is 48.5 Å². The smallest absolute Gasteiger partial charge is 0.408 e. The molecule has 0 saturated heterocycles. The number of amides is 2. The molecule has 1 unspecified atom stereocenters. The van der Waals surface area contributed by atoms with Crippen LogP contribution >= 0.6 is 0 Å². The van der Waals surface area contributed by atoms with Gasteiger partial charge in [-0.1, -0.05) is 62.4 Å². The zero-order valence-electron chi connectivity index (χ0n) is 19.9. The van der Waals surface area contributed by atoms with Gasteiger partial charge in [-0.15, -0.1) is 0 Å². The Balaban J connectivity index is 1.47. The minimum Gasteiger partial charge on any atom is -0.480 e. The first kappa shape index (κ1) is 23.8. The maximum absolute atomic E-state index is 13.3. The third kappa shape index (κ3) is 4.15. The number of aliphatic carboxylic acids is 1. The molecular weight excluding hydrogens is 432 g/mol. The van der Waals surface area contributed by atoms with Crippen molar-refractivity contribution in [2.24, 2.45) is 5.92 Å². The summed E-state index contributed by atoms with van der Waals surface area (Å²) in [6.45, 7) is 5.25. The minimum atomic E-state index is -1.36. The molecule has 2 amide bonds. The average Bonchev–Trinajstić information content (AvgIpc) is 3.65. The molecule has 0 bridgehead atoms. The van der Waals surface area contributed by atoms with Crippen molar-refractivity contribution in [1.29, 1.82) is 0 Å². The second kappa shape index (κ2) is 9.12. The lowest BCUT2D eigenvalue weighted by Crippen LogP contribution is -2.64. The maximum atomic E-state index is 13.3. The van der Waals surface area contributed by atoms with E-state index in [1.165, 1.54) is 0 Å². The van der Waals surface area contributed by atoms with Crippen LogP contribution in [0.3, 0.4) is 0 Å². The van der Waals surface area contributed by atoms with Gasteiger partial charge in [0.2, 0.25) is 5.91 Å². The summed E-state index contributed by atoms with van der Waals surface area (Å²) in [6, 6.07) is 16.2. The molecule has 0 aliphatic heterocycles. The van der Waals surface area contributed by atoms with E-state index in [2.05, 4.69) is 22.8 Å². The zero-order chi connectivity index (χ0) is 24.5. The molecule has 1 atom stereocenters. The molecule has 2 aliphatic carbocycles. The van der Waals surface area contributed by atoms with Crippen molar-refractivity contribution in [2.45, 2.75) is 63.5 Å². The largest absolute Gasteiger partial charge is 0.480 e. The lowest BCUT2D eigenvalue weighted by Gasteiger charge is -2.35. The van der Waals surface area contributed by atoms with Gasteiger partial charge in [-0.2, -0.15) is 0 Å². The van der Waals surface area contributed by atoms with Crippen LogP contribution in [0.25, 0.3) is 11.1 Å². The number of nitrogens with one attached hydrogen (secondary N) is 2. The van der Waals surface area contributed by atoms with E-state index in [0.29, 0.717) is 0 Å². The van der Waals surface area contributed by atoms with E-state index in [-0.39, 0.29) is 31.3 Å². The summed E-state index contributed by atoms with van der Waals surface area (Å²) in [5.41, 5.74) is 1.88. The molecule has 2 aromatic carbocycles. The summed E-state index contributed by atoms with van der Waals surface area (Å²) in [5.74, 6) is -1.72. The maximum Gasteiger partial charge on any atom is 0.408 e. The predicted molar refractivity (Wildman–Crippen MR) is 128 cm³/mol. The molecule has 0 aromatic heterocycles. The molecule has 0 heterocycles. The third-order valence-corrected chi connectivity index (χ3v) is 7.54. The number of ether oxygens (including phenoxy) is 1. The Morgan fingerprint density at radius 2 is 1.47 bits per heavy atom. The van der Waals surface area contributed by atoms with Crippen molar-refractivity contribution in [3.05, 3.63) is 59.7 Å². The Morgan fingerprint density at radius 1 is 0.941 bits per heavy atom. The number of alkyl carbamates (subject to hydrolysis) is 1. The van der Waals surface area contributed by atoms with Crippen LogP contribution in [0.5, 0.6) is 0 Å². The molecule has 4 rings (SSSR count). The van der Waals surface area contributed by atoms with Crippen LogP contribution in [0.4, 0.5) is 4.79 Å². The molecule has 2 aliphatic rings. The molecule has 2 aromatic rings. The quantitative estimate of drug-likeness (QED) is 0.508. The fraction of sp³-hybridized carbons (Fsp3) is 0.444. The van der Waals surface area contributed by atoms with E-state index in [4.69, 9.17) is 4.74 Å². The number of carbonyl (C=O) groups excluding carboxylic acids is 2. The van der Waals surface area contributed by atoms with Gasteiger partial charge in [0, 0.05) is 5.92 Å². The molecule has 3 N–H and O–H groups in total. The Morgan fingerprint density at radius 3 is 1.94 bits per heavy atom. The third-order valence-electron chi connectivity index (χ3n) is 7.54. The first-order valence-corrected chi connectivity index (χ1v) is 11.9. The van der Waals surface area contributed by atoms with Crippen LogP contribution in [0, 0.1) is 5.92 Å². The Labute approximate surface area is 199 Å². The van der Waals surface area contributed by atoms with Gasteiger partial charge in [0.25, 0.3) is 0 Å². The summed E-state index contributed by atoms with van der Waals surface area (Å²) in [6.07, 6.45) is 1.38. The molecule has 1 saturated carbocycles. The second-order valence-corrected chi connectivity index (χ2v) is 9.48. The van der Waals surface area contributed by atoms with Gasteiger partial charge in [-0.05, 0) is 60.8 Å². The fourth-order valence-corrected chi connectivity index (χ4v) is 4.98. The van der Waals surface area contributed by atoms with Crippen LogP contribution in [0.2, 0.25) is 0 Å². The zero-order valence-corrected chi connectivity index (χ0v) is 19.9. The van der Waals surface area contributed by atoms with Crippen LogP contribution in [0.1, 0.15) is 63.5 Å². The standard InChI is InChI=1S/C27H32N2O5/c1-4-27(5-2,24(31)32)28-23(30)26(3,17-14-15-17)29-25(33)34-16-22-20-12-8-6-10-18(20)19-11-7-9-13-21(19)22/h6-13,17,22H,4-5,14-16H2,1-3H3,(H,28,30)(H,29,33)(H,31,32). The van der Waals surface area contributed by atoms with E-state index in [1.807, 2.05) is 36.4 Å². The molecular formula is C27H32N2O5. The molecule has 0 radical (unpaired) electrons. The van der Waals surface area contributed by atoms with Crippen molar-refractivity contribution >= 4 is 18.0 Å². The number of fused-ring (bicyclic) bond motifs is 3. The van der Waals surface area contributed by atoms with E-state index in [9.17, 15) is 19.5 Å². The minimum absolute atomic E-state index is 0.0619. The molecule has 7 nitrogen and oxygen atoms in total. The Kier molecular flexibility index (Phi) is 6.39. The topological polar surface area (TPSA) is 105 Å². The van der Waals surface area contributed by atoms with Crippen LogP contribution in [-0.4, -0.2) is 40.8 Å². The summed E-state index contributed by atoms with van der Waals surface area (Å²) < 4.78 is 5.65. The highest BCUT2D eigenvalue weighted by atomic mass is 16.5. The number of carboxylic acid groups (broad SMARTS) is 1. The normalized spacial score (nSPS) is 16.7. The van der Waals surface area contributed by atoms with Gasteiger partial charge in [-0.25, -0.2) is 9.59 Å². The van der Waals surface area contributed by atoms with Crippen LogP contribution in [-0.2, 0) is 14.3 Å². The summed E-state index contributed by atoms with van der Waals surface area (Å²) in [7, 11) is 0. The Hall–Kier alpha value is -3.35. The molecule has 7 heteroatoms. The van der Waals surface area contributed by atoms with Gasteiger partial charge in [0.05, 0.1) is 0 Å². The SMILES string of the molecule is CCC(CC)(NC(=O)C(C)(NC(=O)OCC1c2ccccc2-c2ccccc21)C1CC1)C(=O)O. The van der Waals surface area contributed by atoms with Crippen molar-refractivity contribution in [3.63, 3.8) is 0 Å². The first-order chi connectivity index (χ1) is 16.3.